The Labute approximate surface area is 139 Å². The van der Waals surface area contributed by atoms with Gasteiger partial charge in [-0.15, -0.1) is 0 Å². The van der Waals surface area contributed by atoms with E-state index >= 15 is 0 Å². The smallest absolute Gasteiger partial charge is 0.344 e. The monoisotopic (exact) mass is 330 g/mol. The quantitative estimate of drug-likeness (QED) is 0.786. The van der Waals surface area contributed by atoms with Crippen LogP contribution >= 0.6 is 0 Å². The van der Waals surface area contributed by atoms with Crippen molar-refractivity contribution >= 4 is 11.9 Å². The highest BCUT2D eigenvalue weighted by molar-refractivity contribution is 5.93. The van der Waals surface area contributed by atoms with Crippen molar-refractivity contribution in [3.8, 4) is 11.5 Å². The summed E-state index contributed by atoms with van der Waals surface area (Å²) in [7, 11) is 0. The molecule has 0 bridgehead atoms. The van der Waals surface area contributed by atoms with E-state index in [1.807, 2.05) is 30.3 Å². The van der Waals surface area contributed by atoms with E-state index in [2.05, 4.69) is 4.74 Å². The SMILES string of the molecule is CCOC(=O)COC(=O)c1cc(OCc2ccccc2)ccc1O. The Morgan fingerprint density at radius 2 is 1.79 bits per heavy atom. The molecule has 0 aliphatic heterocycles. The number of hydrogen-bond acceptors (Lipinski definition) is 6. The molecular weight excluding hydrogens is 312 g/mol. The highest BCUT2D eigenvalue weighted by Gasteiger charge is 2.16. The van der Waals surface area contributed by atoms with Gasteiger partial charge in [0, 0.05) is 0 Å². The molecule has 0 atom stereocenters. The standard InChI is InChI=1S/C18H18O6/c1-2-22-17(20)12-24-18(21)15-10-14(8-9-16(15)19)23-11-13-6-4-3-5-7-13/h3-10,19H,2,11-12H2,1H3. The fourth-order valence-corrected chi connectivity index (χ4v) is 1.91. The van der Waals surface area contributed by atoms with E-state index in [0.29, 0.717) is 12.4 Å². The average molecular weight is 330 g/mol. The Balaban J connectivity index is 1.99. The molecule has 126 valence electrons. The van der Waals surface area contributed by atoms with E-state index in [4.69, 9.17) is 9.47 Å². The van der Waals surface area contributed by atoms with Crippen LogP contribution in [0.25, 0.3) is 0 Å². The molecule has 2 aromatic carbocycles. The molecule has 0 heterocycles. The van der Waals surface area contributed by atoms with E-state index in [-0.39, 0.29) is 17.9 Å². The lowest BCUT2D eigenvalue weighted by Gasteiger charge is -2.10. The van der Waals surface area contributed by atoms with Crippen molar-refractivity contribution in [2.24, 2.45) is 0 Å². The van der Waals surface area contributed by atoms with Crippen LogP contribution in [0.3, 0.4) is 0 Å². The number of ether oxygens (including phenoxy) is 3. The molecule has 6 nitrogen and oxygen atoms in total. The summed E-state index contributed by atoms with van der Waals surface area (Å²) in [5.41, 5.74) is 0.891. The van der Waals surface area contributed by atoms with Crippen molar-refractivity contribution in [1.82, 2.24) is 0 Å². The first-order valence-electron chi connectivity index (χ1n) is 7.42. The largest absolute Gasteiger partial charge is 0.507 e. The molecule has 0 unspecified atom stereocenters. The van der Waals surface area contributed by atoms with Crippen molar-refractivity contribution in [1.29, 1.82) is 0 Å². The molecule has 1 N–H and O–H groups in total. The topological polar surface area (TPSA) is 82.1 Å². The van der Waals surface area contributed by atoms with Gasteiger partial charge < -0.3 is 19.3 Å². The van der Waals surface area contributed by atoms with Crippen molar-refractivity contribution in [3.63, 3.8) is 0 Å². The number of esters is 2. The number of phenols is 1. The van der Waals surface area contributed by atoms with Gasteiger partial charge in [-0.3, -0.25) is 0 Å². The maximum absolute atomic E-state index is 12.0. The molecule has 0 aliphatic carbocycles. The van der Waals surface area contributed by atoms with Gasteiger partial charge in [-0.05, 0) is 30.7 Å². The third kappa shape index (κ3) is 5.01. The Hall–Kier alpha value is -3.02. The maximum Gasteiger partial charge on any atom is 0.344 e. The van der Waals surface area contributed by atoms with Gasteiger partial charge in [0.05, 0.1) is 6.61 Å². The van der Waals surface area contributed by atoms with Crippen molar-refractivity contribution in [2.75, 3.05) is 13.2 Å². The molecule has 0 radical (unpaired) electrons. The van der Waals surface area contributed by atoms with Gasteiger partial charge >= 0.3 is 11.9 Å². The van der Waals surface area contributed by atoms with Crippen LogP contribution in [0.15, 0.2) is 48.5 Å². The molecule has 0 spiro atoms. The summed E-state index contributed by atoms with van der Waals surface area (Å²) in [6.45, 7) is 1.66. The van der Waals surface area contributed by atoms with Gasteiger partial charge in [0.2, 0.25) is 0 Å². The van der Waals surface area contributed by atoms with Gasteiger partial charge in [0.25, 0.3) is 0 Å². The summed E-state index contributed by atoms with van der Waals surface area (Å²) >= 11 is 0. The highest BCUT2D eigenvalue weighted by Crippen LogP contribution is 2.24. The predicted octanol–water partition coefficient (Wildman–Crippen LogP) is 2.69. The number of carbonyl (C=O) groups is 2. The molecule has 2 rings (SSSR count). The number of phenolic OH excluding ortho intramolecular Hbond substituents is 1. The van der Waals surface area contributed by atoms with Gasteiger partial charge in [0.1, 0.15) is 23.7 Å². The normalized spacial score (nSPS) is 10.0. The second kappa shape index (κ2) is 8.57. The highest BCUT2D eigenvalue weighted by atomic mass is 16.6. The fraction of sp³-hybridized carbons (Fsp3) is 0.222. The van der Waals surface area contributed by atoms with Crippen molar-refractivity contribution < 1.29 is 28.9 Å². The van der Waals surface area contributed by atoms with Crippen LogP contribution in [0.5, 0.6) is 11.5 Å². The summed E-state index contributed by atoms with van der Waals surface area (Å²) in [4.78, 5) is 23.2. The second-order valence-corrected chi connectivity index (χ2v) is 4.83. The lowest BCUT2D eigenvalue weighted by atomic mass is 10.2. The van der Waals surface area contributed by atoms with Crippen LogP contribution in [0.4, 0.5) is 0 Å². The first-order chi connectivity index (χ1) is 11.6. The van der Waals surface area contributed by atoms with E-state index in [9.17, 15) is 14.7 Å². The van der Waals surface area contributed by atoms with Crippen molar-refractivity contribution in [2.45, 2.75) is 13.5 Å². The minimum Gasteiger partial charge on any atom is -0.507 e. The molecule has 6 heteroatoms. The number of carbonyl (C=O) groups excluding carboxylic acids is 2. The average Bonchev–Trinajstić information content (AvgIpc) is 2.60. The molecule has 0 saturated heterocycles. The Morgan fingerprint density at radius 3 is 2.50 bits per heavy atom. The predicted molar refractivity (Wildman–Crippen MR) is 85.8 cm³/mol. The van der Waals surface area contributed by atoms with Crippen LogP contribution in [0, 0.1) is 0 Å². The van der Waals surface area contributed by atoms with E-state index in [1.165, 1.54) is 12.1 Å². The van der Waals surface area contributed by atoms with Gasteiger partial charge in [-0.1, -0.05) is 30.3 Å². The van der Waals surface area contributed by atoms with Crippen LogP contribution in [-0.4, -0.2) is 30.3 Å². The van der Waals surface area contributed by atoms with Crippen LogP contribution in [-0.2, 0) is 20.9 Å². The van der Waals surface area contributed by atoms with Crippen LogP contribution < -0.4 is 4.74 Å². The Bertz CT molecular complexity index is 696. The Morgan fingerprint density at radius 1 is 1.04 bits per heavy atom. The Kier molecular flexibility index (Phi) is 6.19. The molecule has 24 heavy (non-hydrogen) atoms. The number of aromatic hydroxyl groups is 1. The molecule has 0 saturated carbocycles. The molecule has 0 aliphatic rings. The number of rotatable bonds is 7. The minimum atomic E-state index is -0.828. The molecular formula is C18H18O6. The third-order valence-electron chi connectivity index (χ3n) is 3.06. The van der Waals surface area contributed by atoms with E-state index < -0.39 is 18.5 Å². The van der Waals surface area contributed by atoms with E-state index in [0.717, 1.165) is 5.56 Å². The zero-order valence-corrected chi connectivity index (χ0v) is 13.2. The zero-order valence-electron chi connectivity index (χ0n) is 13.2. The van der Waals surface area contributed by atoms with E-state index in [1.54, 1.807) is 13.0 Å². The van der Waals surface area contributed by atoms with Gasteiger partial charge in [0.15, 0.2) is 6.61 Å². The van der Waals surface area contributed by atoms with Crippen LogP contribution in [0.2, 0.25) is 0 Å². The second-order valence-electron chi connectivity index (χ2n) is 4.83. The van der Waals surface area contributed by atoms with Gasteiger partial charge in [-0.2, -0.15) is 0 Å². The summed E-state index contributed by atoms with van der Waals surface area (Å²) in [5, 5.41) is 9.79. The van der Waals surface area contributed by atoms with Crippen LogP contribution in [0.1, 0.15) is 22.8 Å². The lowest BCUT2D eigenvalue weighted by molar-refractivity contribution is -0.146. The number of benzene rings is 2. The van der Waals surface area contributed by atoms with Gasteiger partial charge in [-0.25, -0.2) is 9.59 Å². The zero-order chi connectivity index (χ0) is 17.4. The number of hydrogen-bond donors (Lipinski definition) is 1. The molecule has 0 aromatic heterocycles. The first kappa shape index (κ1) is 17.3. The summed E-state index contributed by atoms with van der Waals surface area (Å²) < 4.78 is 15.1. The minimum absolute atomic E-state index is 0.0788. The third-order valence-corrected chi connectivity index (χ3v) is 3.06. The van der Waals surface area contributed by atoms with Crippen molar-refractivity contribution in [3.05, 3.63) is 59.7 Å². The molecule has 2 aromatic rings. The molecule has 0 fully saturated rings. The fourth-order valence-electron chi connectivity index (χ4n) is 1.91. The summed E-state index contributed by atoms with van der Waals surface area (Å²) in [6.07, 6.45) is 0. The molecule has 0 amide bonds. The summed E-state index contributed by atoms with van der Waals surface area (Å²) in [5.74, 6) is -1.33. The maximum atomic E-state index is 12.0. The first-order valence-corrected chi connectivity index (χ1v) is 7.42. The lowest BCUT2D eigenvalue weighted by Crippen LogP contribution is -2.16. The summed E-state index contributed by atoms with van der Waals surface area (Å²) in [6, 6.07) is 13.8.